The fourth-order valence-corrected chi connectivity index (χ4v) is 4.79. The maximum atomic E-state index is 14.7. The van der Waals surface area contributed by atoms with Crippen LogP contribution in [0.5, 0.6) is 5.75 Å². The summed E-state index contributed by atoms with van der Waals surface area (Å²) in [7, 11) is 1.62. The molecule has 8 heteroatoms. The van der Waals surface area contributed by atoms with Crippen molar-refractivity contribution in [2.75, 3.05) is 12.4 Å². The maximum absolute atomic E-state index is 14.7. The molecular weight excluding hydrogens is 445 g/mol. The van der Waals surface area contributed by atoms with Crippen LogP contribution in [0.25, 0.3) is 17.1 Å². The van der Waals surface area contributed by atoms with E-state index in [1.807, 2.05) is 48.7 Å². The monoisotopic (exact) mass is 473 g/mol. The summed E-state index contributed by atoms with van der Waals surface area (Å²) < 4.78 is 24.2. The van der Waals surface area contributed by atoms with E-state index in [9.17, 15) is 9.18 Å². The van der Waals surface area contributed by atoms with Crippen LogP contribution < -0.4 is 10.1 Å². The molecule has 3 heterocycles. The van der Waals surface area contributed by atoms with E-state index >= 15 is 0 Å². The fourth-order valence-electron chi connectivity index (χ4n) is 4.79. The van der Waals surface area contributed by atoms with E-state index in [1.165, 1.54) is 6.07 Å². The van der Waals surface area contributed by atoms with Crippen LogP contribution in [-0.2, 0) is 13.0 Å². The van der Waals surface area contributed by atoms with Crippen LogP contribution in [0.2, 0.25) is 0 Å². The van der Waals surface area contributed by atoms with E-state index in [2.05, 4.69) is 20.1 Å². The van der Waals surface area contributed by atoms with Gasteiger partial charge >= 0.3 is 0 Å². The molecule has 2 aromatic heterocycles. The lowest BCUT2D eigenvalue weighted by molar-refractivity contribution is 0.102. The van der Waals surface area contributed by atoms with Gasteiger partial charge in [0.15, 0.2) is 5.82 Å². The Bertz CT molecular complexity index is 1400. The van der Waals surface area contributed by atoms with Gasteiger partial charge in [-0.1, -0.05) is 12.5 Å². The number of halogens is 1. The second kappa shape index (κ2) is 9.37. The molecule has 1 N–H and O–H groups in total. The molecule has 0 fully saturated rings. The fraction of sp³-hybridized carbons (Fsp3) is 0.296. The quantitative estimate of drug-likeness (QED) is 0.417. The minimum absolute atomic E-state index is 0.115. The van der Waals surface area contributed by atoms with Crippen molar-refractivity contribution >= 4 is 11.6 Å². The Balaban J connectivity index is 1.45. The Labute approximate surface area is 203 Å². The van der Waals surface area contributed by atoms with Crippen LogP contribution in [-0.4, -0.2) is 32.3 Å². The standard InChI is InChI=1S/C27H28FN5O2/c1-17-14-22(18(2)33(17)20-8-7-9-21(16-20)35-3)27(34)29-24-15-19(11-12-23(24)28)26-31-30-25-10-5-4-6-13-32(25)26/h7-9,11-12,14-16H,4-6,10,13H2,1-3H3,(H,29,34). The molecule has 2 aromatic carbocycles. The lowest BCUT2D eigenvalue weighted by Crippen LogP contribution is -2.14. The van der Waals surface area contributed by atoms with Gasteiger partial charge in [0.2, 0.25) is 0 Å². The molecule has 0 radical (unpaired) electrons. The molecule has 0 saturated heterocycles. The van der Waals surface area contributed by atoms with E-state index < -0.39 is 5.82 Å². The molecule has 0 aliphatic carbocycles. The molecule has 5 rings (SSSR count). The van der Waals surface area contributed by atoms with Crippen LogP contribution in [0.4, 0.5) is 10.1 Å². The number of nitrogens with one attached hydrogen (secondary N) is 1. The highest BCUT2D eigenvalue weighted by Gasteiger charge is 2.20. The van der Waals surface area contributed by atoms with Crippen molar-refractivity contribution in [1.29, 1.82) is 0 Å². The number of carbonyl (C=O) groups is 1. The third-order valence-corrected chi connectivity index (χ3v) is 6.57. The first-order valence-corrected chi connectivity index (χ1v) is 11.8. The average molecular weight is 474 g/mol. The molecule has 0 atom stereocenters. The zero-order valence-electron chi connectivity index (χ0n) is 20.1. The summed E-state index contributed by atoms with van der Waals surface area (Å²) in [5.74, 6) is 1.51. The molecule has 1 aliphatic heterocycles. The Morgan fingerprint density at radius 1 is 1.06 bits per heavy atom. The molecule has 0 bridgehead atoms. The number of amides is 1. The second-order valence-electron chi connectivity index (χ2n) is 8.87. The van der Waals surface area contributed by atoms with Crippen molar-refractivity contribution in [3.63, 3.8) is 0 Å². The number of ether oxygens (including phenoxy) is 1. The molecule has 1 amide bonds. The Hall–Kier alpha value is -3.94. The maximum Gasteiger partial charge on any atom is 0.257 e. The van der Waals surface area contributed by atoms with Crippen molar-refractivity contribution < 1.29 is 13.9 Å². The van der Waals surface area contributed by atoms with Crippen LogP contribution in [0, 0.1) is 19.7 Å². The number of methoxy groups -OCH3 is 1. The van der Waals surface area contributed by atoms with Crippen LogP contribution in [0.1, 0.15) is 46.8 Å². The van der Waals surface area contributed by atoms with E-state index in [0.717, 1.165) is 66.4 Å². The highest BCUT2D eigenvalue weighted by atomic mass is 19.1. The van der Waals surface area contributed by atoms with Gasteiger partial charge in [-0.3, -0.25) is 4.79 Å². The molecule has 180 valence electrons. The number of aromatic nitrogens is 4. The van der Waals surface area contributed by atoms with Gasteiger partial charge in [0.25, 0.3) is 5.91 Å². The van der Waals surface area contributed by atoms with Crippen molar-refractivity contribution in [2.24, 2.45) is 0 Å². The van der Waals surface area contributed by atoms with Gasteiger partial charge in [0.1, 0.15) is 17.4 Å². The SMILES string of the molecule is COc1cccc(-n2c(C)cc(C(=O)Nc3cc(-c4nnc5n4CCCCC5)ccc3F)c2C)c1. The number of aryl methyl sites for hydroxylation is 2. The van der Waals surface area contributed by atoms with E-state index in [-0.39, 0.29) is 11.6 Å². The first kappa shape index (κ1) is 22.8. The highest BCUT2D eigenvalue weighted by molar-refractivity contribution is 6.05. The number of rotatable bonds is 5. The van der Waals surface area contributed by atoms with Crippen molar-refractivity contribution in [3.05, 3.63) is 77.1 Å². The van der Waals surface area contributed by atoms with E-state index in [4.69, 9.17) is 4.74 Å². The first-order valence-electron chi connectivity index (χ1n) is 11.8. The van der Waals surface area contributed by atoms with Crippen LogP contribution in [0.3, 0.4) is 0 Å². The third kappa shape index (κ3) is 4.32. The highest BCUT2D eigenvalue weighted by Crippen LogP contribution is 2.28. The van der Waals surface area contributed by atoms with Gasteiger partial charge in [-0.15, -0.1) is 10.2 Å². The van der Waals surface area contributed by atoms with Gasteiger partial charge in [0, 0.05) is 41.7 Å². The van der Waals surface area contributed by atoms with Gasteiger partial charge in [-0.05, 0) is 63.1 Å². The molecular formula is C27H28FN5O2. The van der Waals surface area contributed by atoms with E-state index in [0.29, 0.717) is 11.4 Å². The van der Waals surface area contributed by atoms with Crippen LogP contribution in [0.15, 0.2) is 48.5 Å². The van der Waals surface area contributed by atoms with Gasteiger partial charge in [-0.25, -0.2) is 4.39 Å². The lowest BCUT2D eigenvalue weighted by atomic mass is 10.1. The average Bonchev–Trinajstić information content (AvgIpc) is 3.30. The number of hydrogen-bond acceptors (Lipinski definition) is 4. The molecule has 35 heavy (non-hydrogen) atoms. The molecule has 7 nitrogen and oxygen atoms in total. The Morgan fingerprint density at radius 2 is 1.91 bits per heavy atom. The minimum atomic E-state index is -0.501. The summed E-state index contributed by atoms with van der Waals surface area (Å²) >= 11 is 0. The van der Waals surface area contributed by atoms with Gasteiger partial charge < -0.3 is 19.2 Å². The first-order chi connectivity index (χ1) is 17.0. The molecule has 0 saturated carbocycles. The van der Waals surface area contributed by atoms with Crippen molar-refractivity contribution in [2.45, 2.75) is 46.1 Å². The predicted octanol–water partition coefficient (Wildman–Crippen LogP) is 5.48. The molecule has 0 unspecified atom stereocenters. The minimum Gasteiger partial charge on any atom is -0.497 e. The summed E-state index contributed by atoms with van der Waals surface area (Å²) in [6, 6.07) is 14.1. The number of fused-ring (bicyclic) bond motifs is 1. The largest absolute Gasteiger partial charge is 0.497 e. The summed E-state index contributed by atoms with van der Waals surface area (Å²) in [5, 5.41) is 11.5. The van der Waals surface area contributed by atoms with Crippen molar-refractivity contribution in [3.8, 4) is 22.8 Å². The van der Waals surface area contributed by atoms with Gasteiger partial charge in [0.05, 0.1) is 18.4 Å². The number of hydrogen-bond donors (Lipinski definition) is 1. The topological polar surface area (TPSA) is 74.0 Å². The Morgan fingerprint density at radius 3 is 2.74 bits per heavy atom. The summed E-state index contributed by atoms with van der Waals surface area (Å²) in [5.41, 5.74) is 3.85. The summed E-state index contributed by atoms with van der Waals surface area (Å²) in [6.45, 7) is 4.65. The van der Waals surface area contributed by atoms with E-state index in [1.54, 1.807) is 19.2 Å². The predicted molar refractivity (Wildman–Crippen MR) is 133 cm³/mol. The number of benzene rings is 2. The second-order valence-corrected chi connectivity index (χ2v) is 8.87. The summed E-state index contributed by atoms with van der Waals surface area (Å²) in [4.78, 5) is 13.2. The lowest BCUT2D eigenvalue weighted by Gasteiger charge is -2.12. The number of carbonyl (C=O) groups excluding carboxylic acids is 1. The smallest absolute Gasteiger partial charge is 0.257 e. The van der Waals surface area contributed by atoms with Crippen LogP contribution >= 0.6 is 0 Å². The zero-order chi connectivity index (χ0) is 24.5. The normalized spacial score (nSPS) is 13.3. The third-order valence-electron chi connectivity index (χ3n) is 6.57. The number of anilines is 1. The number of nitrogens with zero attached hydrogens (tertiary/aromatic N) is 4. The Kier molecular flexibility index (Phi) is 6.11. The van der Waals surface area contributed by atoms with Gasteiger partial charge in [-0.2, -0.15) is 0 Å². The molecule has 0 spiro atoms. The summed E-state index contributed by atoms with van der Waals surface area (Å²) in [6.07, 6.45) is 4.20. The van der Waals surface area contributed by atoms with Crippen molar-refractivity contribution in [1.82, 2.24) is 19.3 Å². The molecule has 1 aliphatic rings. The molecule has 4 aromatic rings. The zero-order valence-corrected chi connectivity index (χ0v) is 20.1.